The molecule has 1 aromatic heterocycles. The van der Waals surface area contributed by atoms with Gasteiger partial charge in [-0.1, -0.05) is 0 Å². The average molecular weight is 202 g/mol. The SMILES string of the molecule is CCn1cccc(Br)c1=O. The van der Waals surface area contributed by atoms with E-state index in [-0.39, 0.29) is 5.56 Å². The van der Waals surface area contributed by atoms with Gasteiger partial charge in [-0.25, -0.2) is 0 Å². The Bertz CT molecular complexity index is 279. The summed E-state index contributed by atoms with van der Waals surface area (Å²) in [6, 6.07) is 3.59. The van der Waals surface area contributed by atoms with E-state index in [0.29, 0.717) is 4.47 Å². The van der Waals surface area contributed by atoms with Gasteiger partial charge in [-0.05, 0) is 35.0 Å². The second-order valence-electron chi connectivity index (χ2n) is 1.95. The smallest absolute Gasteiger partial charge is 0.264 e. The van der Waals surface area contributed by atoms with Gasteiger partial charge < -0.3 is 4.57 Å². The third-order valence-corrected chi connectivity index (χ3v) is 1.92. The lowest BCUT2D eigenvalue weighted by Crippen LogP contribution is -2.18. The van der Waals surface area contributed by atoms with Crippen molar-refractivity contribution in [1.29, 1.82) is 0 Å². The Morgan fingerprint density at radius 1 is 1.70 bits per heavy atom. The van der Waals surface area contributed by atoms with Crippen LogP contribution in [-0.2, 0) is 6.54 Å². The van der Waals surface area contributed by atoms with Crippen molar-refractivity contribution in [2.24, 2.45) is 0 Å². The molecule has 0 saturated heterocycles. The van der Waals surface area contributed by atoms with E-state index in [2.05, 4.69) is 15.9 Å². The van der Waals surface area contributed by atoms with Gasteiger partial charge in [0.15, 0.2) is 0 Å². The molecule has 0 aliphatic rings. The highest BCUT2D eigenvalue weighted by Gasteiger charge is 1.94. The number of pyridine rings is 1. The number of halogens is 1. The predicted molar refractivity (Wildman–Crippen MR) is 44.1 cm³/mol. The zero-order chi connectivity index (χ0) is 7.56. The fourth-order valence-electron chi connectivity index (χ4n) is 0.757. The number of nitrogens with zero attached hydrogens (tertiary/aromatic N) is 1. The van der Waals surface area contributed by atoms with Gasteiger partial charge in [0.2, 0.25) is 0 Å². The van der Waals surface area contributed by atoms with Crippen LogP contribution in [0.2, 0.25) is 0 Å². The molecule has 0 N–H and O–H groups in total. The number of aryl methyl sites for hydroxylation is 1. The lowest BCUT2D eigenvalue weighted by molar-refractivity contribution is 0.723. The van der Waals surface area contributed by atoms with Crippen LogP contribution < -0.4 is 5.56 Å². The van der Waals surface area contributed by atoms with E-state index in [1.165, 1.54) is 0 Å². The van der Waals surface area contributed by atoms with Crippen molar-refractivity contribution in [1.82, 2.24) is 4.57 Å². The van der Waals surface area contributed by atoms with Gasteiger partial charge in [0.25, 0.3) is 5.56 Å². The lowest BCUT2D eigenvalue weighted by atomic mass is 10.5. The summed E-state index contributed by atoms with van der Waals surface area (Å²) in [5.41, 5.74) is 0.0324. The van der Waals surface area contributed by atoms with E-state index in [1.807, 2.05) is 13.0 Å². The molecule has 0 atom stereocenters. The van der Waals surface area contributed by atoms with Crippen LogP contribution in [0.3, 0.4) is 0 Å². The zero-order valence-electron chi connectivity index (χ0n) is 5.67. The fraction of sp³-hybridized carbons (Fsp3) is 0.286. The lowest BCUT2D eigenvalue weighted by Gasteiger charge is -1.98. The number of rotatable bonds is 1. The first kappa shape index (κ1) is 7.54. The summed E-state index contributed by atoms with van der Waals surface area (Å²) in [6.45, 7) is 2.66. The van der Waals surface area contributed by atoms with E-state index in [0.717, 1.165) is 6.54 Å². The molecule has 1 aromatic rings. The molecule has 0 aliphatic heterocycles. The van der Waals surface area contributed by atoms with Gasteiger partial charge in [-0.2, -0.15) is 0 Å². The zero-order valence-corrected chi connectivity index (χ0v) is 7.26. The van der Waals surface area contributed by atoms with Crippen molar-refractivity contribution in [3.8, 4) is 0 Å². The van der Waals surface area contributed by atoms with Gasteiger partial charge in [0.05, 0.1) is 4.47 Å². The summed E-state index contributed by atoms with van der Waals surface area (Å²) < 4.78 is 2.27. The number of aromatic nitrogens is 1. The first-order valence-corrected chi connectivity index (χ1v) is 3.90. The molecule has 10 heavy (non-hydrogen) atoms. The van der Waals surface area contributed by atoms with E-state index >= 15 is 0 Å². The summed E-state index contributed by atoms with van der Waals surface area (Å²) in [6.07, 6.45) is 1.77. The first-order chi connectivity index (χ1) is 4.75. The minimum atomic E-state index is 0.0324. The van der Waals surface area contributed by atoms with Crippen LogP contribution in [0.5, 0.6) is 0 Å². The maximum atomic E-state index is 11.1. The molecule has 54 valence electrons. The molecule has 2 nitrogen and oxygen atoms in total. The van der Waals surface area contributed by atoms with E-state index < -0.39 is 0 Å². The van der Waals surface area contributed by atoms with Gasteiger partial charge in [-0.3, -0.25) is 4.79 Å². The van der Waals surface area contributed by atoms with Gasteiger partial charge >= 0.3 is 0 Å². The van der Waals surface area contributed by atoms with Crippen molar-refractivity contribution >= 4 is 15.9 Å². The second kappa shape index (κ2) is 3.01. The molecule has 0 spiro atoms. The highest BCUT2D eigenvalue weighted by Crippen LogP contribution is 1.99. The molecule has 0 aromatic carbocycles. The predicted octanol–water partition coefficient (Wildman–Crippen LogP) is 1.63. The van der Waals surface area contributed by atoms with Gasteiger partial charge in [-0.15, -0.1) is 0 Å². The molecule has 0 bridgehead atoms. The van der Waals surface area contributed by atoms with Crippen molar-refractivity contribution in [3.63, 3.8) is 0 Å². The largest absolute Gasteiger partial charge is 0.315 e. The van der Waals surface area contributed by atoms with Crippen molar-refractivity contribution in [3.05, 3.63) is 33.2 Å². The van der Waals surface area contributed by atoms with Crippen molar-refractivity contribution < 1.29 is 0 Å². The Labute approximate surface area is 67.6 Å². The molecule has 1 heterocycles. The minimum absolute atomic E-state index is 0.0324. The fourth-order valence-corrected chi connectivity index (χ4v) is 1.14. The van der Waals surface area contributed by atoms with Crippen LogP contribution in [0.15, 0.2) is 27.6 Å². The van der Waals surface area contributed by atoms with Crippen LogP contribution in [0, 0.1) is 0 Å². The van der Waals surface area contributed by atoms with Crippen LogP contribution >= 0.6 is 15.9 Å². The molecule has 3 heteroatoms. The summed E-state index contributed by atoms with van der Waals surface area (Å²) in [7, 11) is 0. The molecule has 0 fully saturated rings. The maximum Gasteiger partial charge on any atom is 0.264 e. The van der Waals surface area contributed by atoms with Crippen molar-refractivity contribution in [2.45, 2.75) is 13.5 Å². The molecule has 1 rings (SSSR count). The normalized spacial score (nSPS) is 9.80. The third kappa shape index (κ3) is 1.29. The minimum Gasteiger partial charge on any atom is -0.315 e. The summed E-state index contributed by atoms with van der Waals surface area (Å²) in [4.78, 5) is 11.1. The van der Waals surface area contributed by atoms with Crippen LogP contribution in [-0.4, -0.2) is 4.57 Å². The molecule has 0 unspecified atom stereocenters. The monoisotopic (exact) mass is 201 g/mol. The highest BCUT2D eigenvalue weighted by atomic mass is 79.9. The third-order valence-electron chi connectivity index (χ3n) is 1.31. The Hall–Kier alpha value is -0.570. The number of hydrogen-bond acceptors (Lipinski definition) is 1. The van der Waals surface area contributed by atoms with E-state index in [4.69, 9.17) is 0 Å². The molecule has 0 radical (unpaired) electrons. The second-order valence-corrected chi connectivity index (χ2v) is 2.80. The molecule has 0 aliphatic carbocycles. The standard InChI is InChI=1S/C7H8BrNO/c1-2-9-5-3-4-6(8)7(9)10/h3-5H,2H2,1H3. The molecular formula is C7H8BrNO. The Kier molecular flexibility index (Phi) is 2.27. The summed E-state index contributed by atoms with van der Waals surface area (Å²) >= 11 is 3.15. The van der Waals surface area contributed by atoms with E-state index in [1.54, 1.807) is 16.8 Å². The summed E-state index contributed by atoms with van der Waals surface area (Å²) in [5, 5.41) is 0. The Balaban J connectivity index is 3.28. The quantitative estimate of drug-likeness (QED) is 0.678. The molecule has 0 amide bonds. The van der Waals surface area contributed by atoms with Crippen LogP contribution in [0.1, 0.15) is 6.92 Å². The Morgan fingerprint density at radius 2 is 2.40 bits per heavy atom. The Morgan fingerprint density at radius 3 is 2.90 bits per heavy atom. The highest BCUT2D eigenvalue weighted by molar-refractivity contribution is 9.10. The average Bonchev–Trinajstić information content (AvgIpc) is 1.95. The number of hydrogen-bond donors (Lipinski definition) is 0. The van der Waals surface area contributed by atoms with Crippen molar-refractivity contribution in [2.75, 3.05) is 0 Å². The maximum absolute atomic E-state index is 11.1. The summed E-state index contributed by atoms with van der Waals surface area (Å²) in [5.74, 6) is 0. The van der Waals surface area contributed by atoms with Gasteiger partial charge in [0, 0.05) is 12.7 Å². The van der Waals surface area contributed by atoms with E-state index in [9.17, 15) is 4.79 Å². The topological polar surface area (TPSA) is 22.0 Å². The molecule has 0 saturated carbocycles. The van der Waals surface area contributed by atoms with Gasteiger partial charge in [0.1, 0.15) is 0 Å². The molecular weight excluding hydrogens is 194 g/mol. The van der Waals surface area contributed by atoms with Crippen LogP contribution in [0.25, 0.3) is 0 Å². The first-order valence-electron chi connectivity index (χ1n) is 3.10. The van der Waals surface area contributed by atoms with Crippen LogP contribution in [0.4, 0.5) is 0 Å².